The molecule has 0 spiro atoms. The van der Waals surface area contributed by atoms with Crippen LogP contribution >= 0.6 is 11.6 Å². The third kappa shape index (κ3) is 6.12. The molecule has 0 aliphatic heterocycles. The maximum atomic E-state index is 11.4. The molecule has 1 aromatic heterocycles. The molecule has 0 atom stereocenters. The maximum Gasteiger partial charge on any atom is 0.247 e. The van der Waals surface area contributed by atoms with Crippen molar-refractivity contribution in [3.63, 3.8) is 0 Å². The summed E-state index contributed by atoms with van der Waals surface area (Å²) in [6, 6.07) is 7.12. The number of aromatic nitrogens is 2. The highest BCUT2D eigenvalue weighted by Crippen LogP contribution is 2.25. The molecule has 0 fully saturated rings. The first-order valence-corrected chi connectivity index (χ1v) is 8.33. The van der Waals surface area contributed by atoms with Gasteiger partial charge in [0.25, 0.3) is 0 Å². The Bertz CT molecular complexity index is 880. The summed E-state index contributed by atoms with van der Waals surface area (Å²) in [5.74, 6) is 0.503. The highest BCUT2D eigenvalue weighted by Gasteiger charge is 2.07. The summed E-state index contributed by atoms with van der Waals surface area (Å²) < 4.78 is 0. The van der Waals surface area contributed by atoms with Gasteiger partial charge in [0.1, 0.15) is 5.02 Å². The lowest BCUT2D eigenvalue weighted by Crippen LogP contribution is -2.11. The van der Waals surface area contributed by atoms with Crippen LogP contribution in [0.3, 0.4) is 0 Å². The highest BCUT2D eigenvalue weighted by molar-refractivity contribution is 6.32. The van der Waals surface area contributed by atoms with Crippen LogP contribution < -0.4 is 21.7 Å². The Labute approximate surface area is 162 Å². The predicted octanol–water partition coefficient (Wildman–Crippen LogP) is 2.95. The fourth-order valence-electron chi connectivity index (χ4n) is 2.04. The van der Waals surface area contributed by atoms with E-state index < -0.39 is 0 Å². The molecule has 0 bridgehead atoms. The minimum Gasteiger partial charge on any atom is -0.404 e. The number of amides is 1. The number of rotatable bonds is 8. The number of carbonyl (C=O) groups is 1. The smallest absolute Gasteiger partial charge is 0.247 e. The number of benzene rings is 1. The summed E-state index contributed by atoms with van der Waals surface area (Å²) in [4.78, 5) is 23.8. The lowest BCUT2D eigenvalue weighted by Gasteiger charge is -2.11. The van der Waals surface area contributed by atoms with E-state index in [2.05, 4.69) is 37.5 Å². The topological polar surface area (TPSA) is 117 Å². The van der Waals surface area contributed by atoms with Crippen LogP contribution in [0.25, 0.3) is 0 Å². The molecule has 0 saturated heterocycles. The molecule has 5 N–H and O–H groups in total. The fraction of sp³-hybridized carbons (Fsp3) is 0.111. The molecule has 9 heteroatoms. The lowest BCUT2D eigenvalue weighted by molar-refractivity contribution is -0.111. The molecule has 1 heterocycles. The Hall–Kier alpha value is -3.39. The van der Waals surface area contributed by atoms with Gasteiger partial charge in [0.05, 0.1) is 6.20 Å². The van der Waals surface area contributed by atoms with Crippen molar-refractivity contribution >= 4 is 46.9 Å². The minimum absolute atomic E-state index is 0.293. The van der Waals surface area contributed by atoms with Crippen molar-refractivity contribution in [2.24, 2.45) is 10.7 Å². The number of hydrogen-bond donors (Lipinski definition) is 4. The van der Waals surface area contributed by atoms with Crippen LogP contribution in [0.2, 0.25) is 5.02 Å². The summed E-state index contributed by atoms with van der Waals surface area (Å²) in [5, 5.41) is 9.20. The summed E-state index contributed by atoms with van der Waals surface area (Å²) >= 11 is 6.18. The first-order valence-electron chi connectivity index (χ1n) is 7.95. The first-order chi connectivity index (χ1) is 13.0. The zero-order chi connectivity index (χ0) is 19.6. The monoisotopic (exact) mass is 385 g/mol. The number of nitrogens with one attached hydrogen (secondary N) is 3. The van der Waals surface area contributed by atoms with Crippen LogP contribution in [-0.2, 0) is 4.79 Å². The van der Waals surface area contributed by atoms with E-state index in [0.29, 0.717) is 34.7 Å². The van der Waals surface area contributed by atoms with Crippen molar-refractivity contribution < 1.29 is 4.79 Å². The van der Waals surface area contributed by atoms with E-state index >= 15 is 0 Å². The lowest BCUT2D eigenvalue weighted by atomic mass is 10.2. The highest BCUT2D eigenvalue weighted by atomic mass is 35.5. The Kier molecular flexibility index (Phi) is 7.33. The van der Waals surface area contributed by atoms with E-state index in [4.69, 9.17) is 17.3 Å². The van der Waals surface area contributed by atoms with Crippen molar-refractivity contribution in [3.05, 3.63) is 59.9 Å². The van der Waals surface area contributed by atoms with Crippen LogP contribution in [0.5, 0.6) is 0 Å². The van der Waals surface area contributed by atoms with E-state index in [9.17, 15) is 4.79 Å². The molecule has 1 aromatic carbocycles. The SMILES string of the molecule is C=CC(=O)Nc1cccc(Nc2nc(NCC(C=NC)=CN)ncc2Cl)c1. The molecule has 27 heavy (non-hydrogen) atoms. The number of carbonyl (C=O) groups excluding carboxylic acids is 1. The fourth-order valence-corrected chi connectivity index (χ4v) is 2.18. The van der Waals surface area contributed by atoms with Crippen molar-refractivity contribution in [3.8, 4) is 0 Å². The van der Waals surface area contributed by atoms with Crippen molar-refractivity contribution in [2.75, 3.05) is 29.5 Å². The van der Waals surface area contributed by atoms with Crippen LogP contribution in [-0.4, -0.2) is 35.7 Å². The summed E-state index contributed by atoms with van der Waals surface area (Å²) in [5.41, 5.74) is 7.64. The van der Waals surface area contributed by atoms with Crippen LogP contribution in [0.4, 0.5) is 23.1 Å². The number of hydrogen-bond acceptors (Lipinski definition) is 7. The number of aliphatic imine (C=N–C) groups is 1. The quantitative estimate of drug-likeness (QED) is 0.410. The largest absolute Gasteiger partial charge is 0.404 e. The second-order valence-corrected chi connectivity index (χ2v) is 5.68. The Morgan fingerprint density at radius 2 is 2.19 bits per heavy atom. The third-order valence-corrected chi connectivity index (χ3v) is 3.56. The standard InChI is InChI=1S/C18H20ClN7O/c1-3-16(27)24-13-5-4-6-14(7-13)25-17-15(19)11-23-18(26-17)22-10-12(8-20)9-21-2/h3-9,11H,1,10,20H2,2H3,(H,24,27)(H2,22,23,25,26). The molecule has 0 aliphatic rings. The summed E-state index contributed by atoms with van der Waals surface area (Å²) in [6.07, 6.45) is 5.79. The maximum absolute atomic E-state index is 11.4. The number of nitrogens with zero attached hydrogens (tertiary/aromatic N) is 3. The van der Waals surface area contributed by atoms with E-state index in [-0.39, 0.29) is 5.91 Å². The summed E-state index contributed by atoms with van der Waals surface area (Å²) in [6.45, 7) is 3.84. The van der Waals surface area contributed by atoms with Gasteiger partial charge in [-0.25, -0.2) is 4.98 Å². The first kappa shape index (κ1) is 19.9. The third-order valence-electron chi connectivity index (χ3n) is 3.28. The van der Waals surface area contributed by atoms with E-state index in [1.165, 1.54) is 18.5 Å². The minimum atomic E-state index is -0.293. The molecule has 0 radical (unpaired) electrons. The van der Waals surface area contributed by atoms with Crippen molar-refractivity contribution in [1.29, 1.82) is 0 Å². The number of anilines is 4. The van der Waals surface area contributed by atoms with Gasteiger partial charge >= 0.3 is 0 Å². The summed E-state index contributed by atoms with van der Waals surface area (Å²) in [7, 11) is 1.66. The van der Waals surface area contributed by atoms with Gasteiger partial charge in [-0.3, -0.25) is 9.79 Å². The molecule has 2 rings (SSSR count). The molecule has 140 valence electrons. The van der Waals surface area contributed by atoms with Gasteiger partial charge in [-0.15, -0.1) is 0 Å². The Morgan fingerprint density at radius 3 is 2.89 bits per heavy atom. The molecule has 2 aromatic rings. The van der Waals surface area contributed by atoms with E-state index in [1.807, 2.05) is 6.07 Å². The van der Waals surface area contributed by atoms with E-state index in [0.717, 1.165) is 5.57 Å². The zero-order valence-electron chi connectivity index (χ0n) is 14.7. The molecule has 8 nitrogen and oxygen atoms in total. The van der Waals surface area contributed by atoms with Gasteiger partial charge in [0.15, 0.2) is 5.82 Å². The second kappa shape index (κ2) is 9.93. The molecule has 0 saturated carbocycles. The molecule has 0 aliphatic carbocycles. The molecular formula is C18H20ClN7O. The van der Waals surface area contributed by atoms with Gasteiger partial charge in [-0.1, -0.05) is 24.2 Å². The van der Waals surface area contributed by atoms with Crippen molar-refractivity contribution in [2.45, 2.75) is 0 Å². The van der Waals surface area contributed by atoms with E-state index in [1.54, 1.807) is 31.5 Å². The molecule has 0 unspecified atom stereocenters. The average molecular weight is 386 g/mol. The van der Waals surface area contributed by atoms with Gasteiger partial charge in [0, 0.05) is 43.0 Å². The Balaban J connectivity index is 2.13. The van der Waals surface area contributed by atoms with Gasteiger partial charge < -0.3 is 21.7 Å². The van der Waals surface area contributed by atoms with Crippen LogP contribution in [0.15, 0.2) is 59.9 Å². The second-order valence-electron chi connectivity index (χ2n) is 5.27. The van der Waals surface area contributed by atoms with Gasteiger partial charge in [0.2, 0.25) is 11.9 Å². The Morgan fingerprint density at radius 1 is 1.41 bits per heavy atom. The molecule has 1 amide bonds. The van der Waals surface area contributed by atoms with Crippen LogP contribution in [0, 0.1) is 0 Å². The van der Waals surface area contributed by atoms with Gasteiger partial charge in [-0.05, 0) is 24.3 Å². The molecular weight excluding hydrogens is 366 g/mol. The number of nitrogens with two attached hydrogens (primary N) is 1. The van der Waals surface area contributed by atoms with Crippen molar-refractivity contribution in [1.82, 2.24) is 9.97 Å². The number of halogens is 1. The normalized spacial score (nSPS) is 11.3. The predicted molar refractivity (Wildman–Crippen MR) is 111 cm³/mol. The zero-order valence-corrected chi connectivity index (χ0v) is 15.5. The average Bonchev–Trinajstić information content (AvgIpc) is 2.67. The van der Waals surface area contributed by atoms with Gasteiger partial charge in [-0.2, -0.15) is 4.98 Å². The van der Waals surface area contributed by atoms with Crippen LogP contribution in [0.1, 0.15) is 0 Å².